The molecule has 0 bridgehead atoms. The lowest BCUT2D eigenvalue weighted by atomic mass is 9.95. The fourth-order valence-electron chi connectivity index (χ4n) is 2.63. The molecule has 0 amide bonds. The summed E-state index contributed by atoms with van der Waals surface area (Å²) in [4.78, 5) is 5.20. The summed E-state index contributed by atoms with van der Waals surface area (Å²) in [5.41, 5.74) is 7.14. The molecule has 18 heavy (non-hydrogen) atoms. The van der Waals surface area contributed by atoms with Crippen LogP contribution >= 0.6 is 11.3 Å². The van der Waals surface area contributed by atoms with E-state index in [1.165, 1.54) is 28.3 Å². The highest BCUT2D eigenvalue weighted by molar-refractivity contribution is 7.12. The summed E-state index contributed by atoms with van der Waals surface area (Å²) in [5.74, 6) is 0.675. The second kappa shape index (κ2) is 6.15. The van der Waals surface area contributed by atoms with Crippen LogP contribution in [0.1, 0.15) is 28.7 Å². The summed E-state index contributed by atoms with van der Waals surface area (Å²) in [7, 11) is 1.83. The first-order valence-electron chi connectivity index (χ1n) is 6.67. The molecular weight excluding hydrogens is 244 g/mol. The number of piperidine rings is 1. The van der Waals surface area contributed by atoms with Gasteiger partial charge in [-0.2, -0.15) is 0 Å². The highest BCUT2D eigenvalue weighted by atomic mass is 32.1. The van der Waals surface area contributed by atoms with Crippen LogP contribution in [0.5, 0.6) is 0 Å². The normalized spacial score (nSPS) is 25.6. The van der Waals surface area contributed by atoms with Crippen molar-refractivity contribution in [3.8, 4) is 0 Å². The first kappa shape index (κ1) is 14.0. The van der Waals surface area contributed by atoms with E-state index < -0.39 is 0 Å². The van der Waals surface area contributed by atoms with E-state index in [0.717, 1.165) is 13.1 Å². The third kappa shape index (κ3) is 3.12. The smallest absolute Gasteiger partial charge is 0.0724 e. The first-order valence-corrected chi connectivity index (χ1v) is 7.49. The quantitative estimate of drug-likeness (QED) is 0.911. The van der Waals surface area contributed by atoms with Gasteiger partial charge >= 0.3 is 0 Å². The topological polar surface area (TPSA) is 38.5 Å². The largest absolute Gasteiger partial charge is 0.380 e. The van der Waals surface area contributed by atoms with Crippen molar-refractivity contribution >= 4 is 11.3 Å². The van der Waals surface area contributed by atoms with E-state index >= 15 is 0 Å². The molecule has 2 N–H and O–H groups in total. The second-order valence-electron chi connectivity index (χ2n) is 5.27. The minimum atomic E-state index is 0.381. The van der Waals surface area contributed by atoms with Crippen molar-refractivity contribution in [2.45, 2.75) is 39.5 Å². The zero-order valence-electron chi connectivity index (χ0n) is 11.6. The van der Waals surface area contributed by atoms with Gasteiger partial charge in [-0.3, -0.25) is 4.90 Å². The average molecular weight is 268 g/mol. The maximum absolute atomic E-state index is 5.70. The monoisotopic (exact) mass is 268 g/mol. The van der Waals surface area contributed by atoms with Crippen molar-refractivity contribution in [2.75, 3.05) is 20.2 Å². The van der Waals surface area contributed by atoms with Gasteiger partial charge in [0.2, 0.25) is 0 Å². The van der Waals surface area contributed by atoms with Gasteiger partial charge in [-0.05, 0) is 37.4 Å². The second-order valence-corrected chi connectivity index (χ2v) is 6.61. The molecule has 1 saturated heterocycles. The Hall–Kier alpha value is -0.420. The van der Waals surface area contributed by atoms with Gasteiger partial charge in [-0.1, -0.05) is 6.92 Å². The van der Waals surface area contributed by atoms with Gasteiger partial charge < -0.3 is 10.5 Å². The Morgan fingerprint density at radius 1 is 1.56 bits per heavy atom. The molecule has 2 heterocycles. The maximum Gasteiger partial charge on any atom is 0.0724 e. The van der Waals surface area contributed by atoms with Gasteiger partial charge in [0, 0.05) is 36.5 Å². The molecule has 2 unspecified atom stereocenters. The Morgan fingerprint density at radius 3 is 2.94 bits per heavy atom. The Balaban J connectivity index is 1.98. The van der Waals surface area contributed by atoms with Crippen molar-refractivity contribution in [3.63, 3.8) is 0 Å². The van der Waals surface area contributed by atoms with Crippen molar-refractivity contribution in [2.24, 2.45) is 11.7 Å². The number of aryl methyl sites for hydroxylation is 1. The summed E-state index contributed by atoms with van der Waals surface area (Å²) in [5, 5.41) is 0. The zero-order chi connectivity index (χ0) is 13.1. The fraction of sp³-hybridized carbons (Fsp3) is 0.714. The number of hydrogen-bond donors (Lipinski definition) is 1. The van der Waals surface area contributed by atoms with E-state index in [9.17, 15) is 0 Å². The minimum absolute atomic E-state index is 0.381. The molecule has 0 aliphatic carbocycles. The highest BCUT2D eigenvalue weighted by Gasteiger charge is 2.26. The van der Waals surface area contributed by atoms with E-state index in [-0.39, 0.29) is 0 Å². The molecule has 0 saturated carbocycles. The molecule has 2 rings (SSSR count). The Bertz CT molecular complexity index is 391. The number of ether oxygens (including phenoxy) is 1. The van der Waals surface area contributed by atoms with Crippen LogP contribution in [-0.4, -0.2) is 31.2 Å². The van der Waals surface area contributed by atoms with Crippen LogP contribution in [0.2, 0.25) is 0 Å². The van der Waals surface area contributed by atoms with Crippen LogP contribution in [0.4, 0.5) is 0 Å². The highest BCUT2D eigenvalue weighted by Crippen LogP contribution is 2.25. The molecule has 1 aromatic heterocycles. The number of likely N-dealkylation sites (tertiary alicyclic amines) is 1. The van der Waals surface area contributed by atoms with Gasteiger partial charge in [-0.15, -0.1) is 11.3 Å². The molecule has 0 aromatic carbocycles. The Morgan fingerprint density at radius 2 is 2.33 bits per heavy atom. The summed E-state index contributed by atoms with van der Waals surface area (Å²) in [6.07, 6.45) is 1.61. The number of methoxy groups -OCH3 is 1. The number of hydrogen-bond acceptors (Lipinski definition) is 4. The molecule has 0 spiro atoms. The molecule has 2 atom stereocenters. The summed E-state index contributed by atoms with van der Waals surface area (Å²) >= 11 is 1.83. The maximum atomic E-state index is 5.70. The molecule has 0 radical (unpaired) electrons. The van der Waals surface area contributed by atoms with Gasteiger partial charge in [0.05, 0.1) is 6.10 Å². The van der Waals surface area contributed by atoms with E-state index in [1.807, 2.05) is 18.4 Å². The van der Waals surface area contributed by atoms with Crippen LogP contribution in [0, 0.1) is 12.8 Å². The van der Waals surface area contributed by atoms with Crippen LogP contribution in [-0.2, 0) is 17.8 Å². The van der Waals surface area contributed by atoms with Gasteiger partial charge in [-0.25, -0.2) is 0 Å². The van der Waals surface area contributed by atoms with E-state index in [2.05, 4.69) is 24.8 Å². The molecule has 1 aliphatic rings. The summed E-state index contributed by atoms with van der Waals surface area (Å²) in [6, 6.07) is 2.26. The van der Waals surface area contributed by atoms with Gasteiger partial charge in [0.1, 0.15) is 0 Å². The minimum Gasteiger partial charge on any atom is -0.380 e. The average Bonchev–Trinajstić information content (AvgIpc) is 2.72. The number of rotatable bonds is 4. The van der Waals surface area contributed by atoms with Crippen molar-refractivity contribution in [3.05, 3.63) is 21.4 Å². The predicted octanol–water partition coefficient (Wildman–Crippen LogP) is 2.37. The molecule has 3 nitrogen and oxygen atoms in total. The van der Waals surface area contributed by atoms with E-state index in [1.54, 1.807) is 0 Å². The summed E-state index contributed by atoms with van der Waals surface area (Å²) < 4.78 is 5.57. The van der Waals surface area contributed by atoms with E-state index in [4.69, 9.17) is 10.5 Å². The zero-order valence-corrected chi connectivity index (χ0v) is 12.4. The molecule has 4 heteroatoms. The Kier molecular flexibility index (Phi) is 4.78. The molecule has 1 aliphatic heterocycles. The standard InChI is InChI=1S/C14H24N2OS/c1-10-4-5-16(9-14(10)17-3)8-12-6-13(7-15)18-11(12)2/h6,10,14H,4-5,7-9,15H2,1-3H3. The third-order valence-corrected chi connectivity index (χ3v) is 5.06. The van der Waals surface area contributed by atoms with Crippen molar-refractivity contribution in [1.82, 2.24) is 4.90 Å². The van der Waals surface area contributed by atoms with Crippen LogP contribution in [0.25, 0.3) is 0 Å². The van der Waals surface area contributed by atoms with Gasteiger partial charge in [0.25, 0.3) is 0 Å². The SMILES string of the molecule is COC1CN(Cc2cc(CN)sc2C)CCC1C. The first-order chi connectivity index (χ1) is 8.63. The number of nitrogens with zero attached hydrogens (tertiary/aromatic N) is 1. The van der Waals surface area contributed by atoms with Gasteiger partial charge in [0.15, 0.2) is 0 Å². The van der Waals surface area contributed by atoms with Crippen molar-refractivity contribution in [1.29, 1.82) is 0 Å². The lowest BCUT2D eigenvalue weighted by Gasteiger charge is -2.36. The number of thiophene rings is 1. The van der Waals surface area contributed by atoms with Crippen LogP contribution in [0.15, 0.2) is 6.07 Å². The predicted molar refractivity (Wildman–Crippen MR) is 76.8 cm³/mol. The molecule has 1 aromatic rings. The molecule has 102 valence electrons. The van der Waals surface area contributed by atoms with Crippen LogP contribution in [0.3, 0.4) is 0 Å². The van der Waals surface area contributed by atoms with E-state index in [0.29, 0.717) is 18.6 Å². The Labute approximate surface area is 114 Å². The van der Waals surface area contributed by atoms with Crippen molar-refractivity contribution < 1.29 is 4.74 Å². The lowest BCUT2D eigenvalue weighted by molar-refractivity contribution is -0.00746. The summed E-state index contributed by atoms with van der Waals surface area (Å²) in [6.45, 7) is 8.39. The molecular formula is C14H24N2OS. The van der Waals surface area contributed by atoms with Crippen LogP contribution < -0.4 is 5.73 Å². The third-order valence-electron chi connectivity index (χ3n) is 3.94. The fourth-order valence-corrected chi connectivity index (χ4v) is 3.57. The number of nitrogens with two attached hydrogens (primary N) is 1. The lowest BCUT2D eigenvalue weighted by Crippen LogP contribution is -2.43. The molecule has 1 fully saturated rings.